The average Bonchev–Trinajstić information content (AvgIpc) is 3.40. The molecule has 5 atom stereocenters. The van der Waals surface area contributed by atoms with Crippen molar-refractivity contribution in [3.63, 3.8) is 0 Å². The Balaban J connectivity index is 1.29. The van der Waals surface area contributed by atoms with Crippen molar-refractivity contribution in [3.05, 3.63) is 82.0 Å². The standard InChI is InChI=1S/C37H44ClN5O6S/c1-42-21-29(36(39-42)48-3)35(45)41-50(46)17-6-4-5-9-32(47-2)28-13-10-26(28)20-43-22-37(16-7-8-24-18-27(38)12-14-30(24)37)23-49-33-15-11-25(19-31(33)43)34(44)40-50/h5,9,11-12,14-15,18-19,21,26,28,32H,4,6-8,10,13,16-17,20,22-23H2,1-3H3,(H,40,41,44,45,46)/b9-5+/t26-,28+,32-,37-,50?/m0/s1. The van der Waals surface area contributed by atoms with Gasteiger partial charge in [0, 0.05) is 49.4 Å². The number of carbonyl (C=O) groups is 2. The van der Waals surface area contributed by atoms with E-state index in [9.17, 15) is 13.8 Å². The summed E-state index contributed by atoms with van der Waals surface area (Å²) in [7, 11) is 1.26. The molecule has 2 amide bonds. The van der Waals surface area contributed by atoms with Crippen LogP contribution in [0.4, 0.5) is 5.69 Å². The van der Waals surface area contributed by atoms with E-state index in [2.05, 4.69) is 37.3 Å². The van der Waals surface area contributed by atoms with Gasteiger partial charge in [-0.15, -0.1) is 9.46 Å². The number of rotatable bonds is 4. The Morgan fingerprint density at radius 1 is 1.16 bits per heavy atom. The third-order valence-corrected chi connectivity index (χ3v) is 12.8. The second-order valence-corrected chi connectivity index (χ2v) is 16.5. The monoisotopic (exact) mass is 721 g/mol. The molecule has 1 fully saturated rings. The number of hydrogen-bond acceptors (Lipinski definition) is 8. The lowest BCUT2D eigenvalue weighted by atomic mass is 9.68. The van der Waals surface area contributed by atoms with Crippen molar-refractivity contribution in [2.75, 3.05) is 44.6 Å². The number of amides is 2. The van der Waals surface area contributed by atoms with Gasteiger partial charge >= 0.3 is 0 Å². The maximum atomic E-state index is 14.4. The van der Waals surface area contributed by atoms with Gasteiger partial charge in [-0.25, -0.2) is 4.21 Å². The molecule has 0 saturated heterocycles. The summed E-state index contributed by atoms with van der Waals surface area (Å²) in [5, 5.41) is 4.87. The summed E-state index contributed by atoms with van der Waals surface area (Å²) in [5.74, 6) is 0.126. The molecule has 0 radical (unpaired) electrons. The van der Waals surface area contributed by atoms with Crippen molar-refractivity contribution in [3.8, 4) is 11.6 Å². The van der Waals surface area contributed by atoms with Crippen molar-refractivity contribution >= 4 is 39.0 Å². The zero-order chi connectivity index (χ0) is 35.0. The summed E-state index contributed by atoms with van der Waals surface area (Å²) in [6.45, 7) is 1.98. The van der Waals surface area contributed by atoms with Crippen molar-refractivity contribution in [2.24, 2.45) is 23.2 Å². The van der Waals surface area contributed by atoms with E-state index in [1.807, 2.05) is 24.3 Å². The molecular formula is C37H44ClN5O6S. The molecule has 2 aliphatic heterocycles. The van der Waals surface area contributed by atoms with Gasteiger partial charge in [-0.05, 0) is 98.2 Å². The van der Waals surface area contributed by atoms with Gasteiger partial charge in [-0.2, -0.15) is 0 Å². The minimum absolute atomic E-state index is 0.0206. The Labute approximate surface area is 298 Å². The summed E-state index contributed by atoms with van der Waals surface area (Å²) in [6, 6.07) is 11.5. The maximum Gasteiger partial charge on any atom is 0.286 e. The van der Waals surface area contributed by atoms with E-state index < -0.39 is 21.7 Å². The molecule has 3 aromatic rings. The van der Waals surface area contributed by atoms with E-state index in [1.54, 1.807) is 20.2 Å². The van der Waals surface area contributed by atoms with Crippen LogP contribution in [0.15, 0.2) is 59.1 Å². The lowest BCUT2D eigenvalue weighted by Crippen LogP contribution is -2.49. The Kier molecular flexibility index (Phi) is 9.71. The molecule has 1 aromatic heterocycles. The second-order valence-electron chi connectivity index (χ2n) is 14.0. The number of allylic oxidation sites excluding steroid dienone is 1. The lowest BCUT2D eigenvalue weighted by molar-refractivity contribution is 0.0132. The van der Waals surface area contributed by atoms with Crippen LogP contribution in [-0.4, -0.2) is 71.6 Å². The fourth-order valence-electron chi connectivity index (χ4n) is 8.09. The van der Waals surface area contributed by atoms with Crippen molar-refractivity contribution < 1.29 is 28.0 Å². The molecule has 2 aromatic carbocycles. The molecule has 1 saturated carbocycles. The highest BCUT2D eigenvalue weighted by Gasteiger charge is 2.44. The van der Waals surface area contributed by atoms with Gasteiger partial charge in [0.05, 0.1) is 31.3 Å². The molecule has 7 rings (SSSR count). The molecule has 1 spiro atoms. The molecule has 1 N–H and O–H groups in total. The smallest absolute Gasteiger partial charge is 0.286 e. The van der Waals surface area contributed by atoms with Crippen LogP contribution in [-0.2, 0) is 33.5 Å². The highest BCUT2D eigenvalue weighted by Crippen LogP contribution is 2.47. The third-order valence-electron chi connectivity index (χ3n) is 10.7. The fraction of sp³-hybridized carbons (Fsp3) is 0.486. The SMILES string of the molecule is COc1nn(C)cc1C(=O)NS1(=O)=NC(=O)c2ccc3c(c2)N(C[C@@H]2CC[C@H]2[C@@H](OC)/C=C/CCC1)C[C@@]1(CCCc2cc(Cl)ccc21)CO3. The number of aryl methyl sites for hydroxylation is 2. The largest absolute Gasteiger partial charge is 0.490 e. The zero-order valence-corrected chi connectivity index (χ0v) is 30.3. The zero-order valence-electron chi connectivity index (χ0n) is 28.7. The van der Waals surface area contributed by atoms with Crippen molar-refractivity contribution in [1.29, 1.82) is 0 Å². The molecule has 3 heterocycles. The van der Waals surface area contributed by atoms with Crippen LogP contribution in [0.2, 0.25) is 5.02 Å². The van der Waals surface area contributed by atoms with E-state index in [-0.39, 0.29) is 34.3 Å². The van der Waals surface area contributed by atoms with E-state index in [1.165, 1.54) is 29.1 Å². The van der Waals surface area contributed by atoms with E-state index in [0.717, 1.165) is 49.4 Å². The van der Waals surface area contributed by atoms with E-state index >= 15 is 0 Å². The molecule has 50 heavy (non-hydrogen) atoms. The second kappa shape index (κ2) is 14.0. The van der Waals surface area contributed by atoms with Gasteiger partial charge in [0.15, 0.2) is 0 Å². The van der Waals surface area contributed by atoms with E-state index in [0.29, 0.717) is 43.6 Å². The summed E-state index contributed by atoms with van der Waals surface area (Å²) in [5.41, 5.74) is 3.44. The van der Waals surface area contributed by atoms with E-state index in [4.69, 9.17) is 25.8 Å². The summed E-state index contributed by atoms with van der Waals surface area (Å²) in [4.78, 5) is 29.7. The van der Waals surface area contributed by atoms with Gasteiger partial charge in [0.2, 0.25) is 5.88 Å². The number of nitrogens with one attached hydrogen (secondary N) is 1. The Morgan fingerprint density at radius 3 is 2.80 bits per heavy atom. The minimum atomic E-state index is -3.54. The summed E-state index contributed by atoms with van der Waals surface area (Å²) >= 11 is 6.45. The first-order chi connectivity index (χ1) is 24.1. The Bertz CT molecular complexity index is 1950. The van der Waals surface area contributed by atoms with Crippen molar-refractivity contribution in [1.82, 2.24) is 14.5 Å². The average molecular weight is 722 g/mol. The number of methoxy groups -OCH3 is 2. The highest BCUT2D eigenvalue weighted by atomic mass is 35.5. The molecule has 266 valence electrons. The van der Waals surface area contributed by atoms with Crippen LogP contribution >= 0.6 is 11.6 Å². The van der Waals surface area contributed by atoms with Gasteiger partial charge in [-0.1, -0.05) is 29.8 Å². The number of ether oxygens (including phenoxy) is 3. The first kappa shape index (κ1) is 34.6. The first-order valence-electron chi connectivity index (χ1n) is 17.3. The Hall–Kier alpha value is -3.87. The molecule has 2 bridgehead atoms. The van der Waals surface area contributed by atoms with Gasteiger partial charge < -0.3 is 19.1 Å². The number of carbonyl (C=O) groups excluding carboxylic acids is 2. The topological polar surface area (TPSA) is 124 Å². The molecule has 4 aliphatic rings. The van der Waals surface area contributed by atoms with Gasteiger partial charge in [-0.3, -0.25) is 19.0 Å². The number of halogens is 1. The number of aromatic nitrogens is 2. The number of nitrogens with zero attached hydrogens (tertiary/aromatic N) is 4. The summed E-state index contributed by atoms with van der Waals surface area (Å²) in [6.07, 6.45) is 11.7. The normalized spacial score (nSPS) is 28.6. The number of anilines is 1. The van der Waals surface area contributed by atoms with Crippen LogP contribution in [0, 0.1) is 11.8 Å². The van der Waals surface area contributed by atoms with Crippen LogP contribution < -0.4 is 19.1 Å². The number of hydrogen-bond donors (Lipinski definition) is 1. The van der Waals surface area contributed by atoms with Gasteiger partial charge in [0.1, 0.15) is 21.2 Å². The molecule has 2 aliphatic carbocycles. The fourth-order valence-corrected chi connectivity index (χ4v) is 9.85. The third kappa shape index (κ3) is 6.77. The molecule has 11 nitrogen and oxygen atoms in total. The molecule has 1 unspecified atom stereocenters. The number of fused-ring (bicyclic) bond motifs is 4. The predicted molar refractivity (Wildman–Crippen MR) is 193 cm³/mol. The summed E-state index contributed by atoms with van der Waals surface area (Å²) < 4.78 is 40.5. The predicted octanol–water partition coefficient (Wildman–Crippen LogP) is 5.90. The quantitative estimate of drug-likeness (QED) is 0.331. The van der Waals surface area contributed by atoms with Crippen LogP contribution in [0.5, 0.6) is 11.6 Å². The molecular weight excluding hydrogens is 678 g/mol. The maximum absolute atomic E-state index is 14.4. The minimum Gasteiger partial charge on any atom is -0.490 e. The van der Waals surface area contributed by atoms with Crippen LogP contribution in [0.25, 0.3) is 0 Å². The Morgan fingerprint density at radius 2 is 2.02 bits per heavy atom. The van der Waals surface area contributed by atoms with Crippen LogP contribution in [0.1, 0.15) is 70.4 Å². The van der Waals surface area contributed by atoms with Crippen molar-refractivity contribution in [2.45, 2.75) is 56.5 Å². The first-order valence-corrected chi connectivity index (χ1v) is 19.4. The van der Waals surface area contributed by atoms with Gasteiger partial charge in [0.25, 0.3) is 11.8 Å². The molecule has 13 heteroatoms. The lowest BCUT2D eigenvalue weighted by Gasteiger charge is -2.46. The number of benzene rings is 2. The van der Waals surface area contributed by atoms with Crippen LogP contribution in [0.3, 0.4) is 0 Å². The highest BCUT2D eigenvalue weighted by molar-refractivity contribution is 7.92.